The molecular formula is C15H15ClN2O. The third kappa shape index (κ3) is 3.55. The molecule has 0 spiro atoms. The van der Waals surface area contributed by atoms with Gasteiger partial charge in [0.15, 0.2) is 0 Å². The number of halogens is 1. The lowest BCUT2D eigenvalue weighted by atomic mass is 10.1. The van der Waals surface area contributed by atoms with Crippen LogP contribution in [0.3, 0.4) is 0 Å². The Morgan fingerprint density at radius 3 is 2.74 bits per heavy atom. The van der Waals surface area contributed by atoms with Gasteiger partial charge in [0.1, 0.15) is 0 Å². The first-order chi connectivity index (χ1) is 9.08. The molecule has 1 aromatic carbocycles. The minimum atomic E-state index is -0.176. The molecule has 2 aromatic rings. The summed E-state index contributed by atoms with van der Waals surface area (Å²) < 4.78 is 0. The van der Waals surface area contributed by atoms with E-state index in [0.717, 1.165) is 17.5 Å². The van der Waals surface area contributed by atoms with Gasteiger partial charge in [-0.3, -0.25) is 9.78 Å². The Morgan fingerprint density at radius 1 is 1.26 bits per heavy atom. The molecule has 1 N–H and O–H groups in total. The molecule has 0 aliphatic rings. The Morgan fingerprint density at radius 2 is 2.05 bits per heavy atom. The standard InChI is InChI=1S/C15H15ClN2O/c1-3-11-6-12(9-17-8-11)15(19)18-14-5-10(2)4-13(16)7-14/h4-9H,3H2,1-2H3,(H,18,19). The van der Waals surface area contributed by atoms with E-state index in [1.165, 1.54) is 0 Å². The highest BCUT2D eigenvalue weighted by Crippen LogP contribution is 2.19. The number of aromatic nitrogens is 1. The smallest absolute Gasteiger partial charge is 0.257 e. The van der Waals surface area contributed by atoms with Gasteiger partial charge >= 0.3 is 0 Å². The van der Waals surface area contributed by atoms with E-state index < -0.39 is 0 Å². The van der Waals surface area contributed by atoms with Crippen molar-refractivity contribution in [3.8, 4) is 0 Å². The molecule has 0 unspecified atom stereocenters. The maximum atomic E-state index is 12.1. The molecule has 1 aromatic heterocycles. The van der Waals surface area contributed by atoms with Gasteiger partial charge in [0.05, 0.1) is 5.56 Å². The monoisotopic (exact) mass is 274 g/mol. The highest BCUT2D eigenvalue weighted by atomic mass is 35.5. The zero-order chi connectivity index (χ0) is 13.8. The van der Waals surface area contributed by atoms with Crippen LogP contribution in [0.5, 0.6) is 0 Å². The fraction of sp³-hybridized carbons (Fsp3) is 0.200. The molecule has 0 saturated carbocycles. The maximum absolute atomic E-state index is 12.1. The molecule has 0 radical (unpaired) electrons. The summed E-state index contributed by atoms with van der Waals surface area (Å²) in [7, 11) is 0. The van der Waals surface area contributed by atoms with Crippen LogP contribution in [0, 0.1) is 6.92 Å². The molecule has 4 heteroatoms. The molecule has 1 amide bonds. The Balaban J connectivity index is 2.20. The van der Waals surface area contributed by atoms with E-state index in [0.29, 0.717) is 16.3 Å². The van der Waals surface area contributed by atoms with E-state index in [2.05, 4.69) is 10.3 Å². The lowest BCUT2D eigenvalue weighted by molar-refractivity contribution is 0.102. The van der Waals surface area contributed by atoms with Crippen molar-refractivity contribution in [3.05, 3.63) is 58.4 Å². The number of hydrogen-bond donors (Lipinski definition) is 1. The third-order valence-corrected chi connectivity index (χ3v) is 2.98. The van der Waals surface area contributed by atoms with Crippen molar-refractivity contribution >= 4 is 23.2 Å². The molecule has 19 heavy (non-hydrogen) atoms. The number of carbonyl (C=O) groups is 1. The van der Waals surface area contributed by atoms with Crippen LogP contribution in [0.2, 0.25) is 5.02 Å². The van der Waals surface area contributed by atoms with E-state index >= 15 is 0 Å². The first-order valence-corrected chi connectivity index (χ1v) is 6.48. The Bertz CT molecular complexity index is 591. The number of pyridine rings is 1. The molecule has 2 rings (SSSR count). The molecule has 0 fully saturated rings. The van der Waals surface area contributed by atoms with Gasteiger partial charge in [-0.05, 0) is 48.7 Å². The summed E-state index contributed by atoms with van der Waals surface area (Å²) in [4.78, 5) is 16.2. The first-order valence-electron chi connectivity index (χ1n) is 6.11. The highest BCUT2D eigenvalue weighted by Gasteiger charge is 2.08. The molecule has 0 atom stereocenters. The number of aryl methyl sites for hydroxylation is 2. The summed E-state index contributed by atoms with van der Waals surface area (Å²) in [6, 6.07) is 7.29. The van der Waals surface area contributed by atoms with Gasteiger partial charge in [-0.15, -0.1) is 0 Å². The lowest BCUT2D eigenvalue weighted by Crippen LogP contribution is -2.12. The first kappa shape index (κ1) is 13.6. The normalized spacial score (nSPS) is 10.3. The number of rotatable bonds is 3. The van der Waals surface area contributed by atoms with Gasteiger partial charge in [0.2, 0.25) is 0 Å². The number of nitrogens with zero attached hydrogens (tertiary/aromatic N) is 1. The summed E-state index contributed by atoms with van der Waals surface area (Å²) in [5, 5.41) is 3.43. The predicted molar refractivity (Wildman–Crippen MR) is 77.8 cm³/mol. The van der Waals surface area contributed by atoms with Crippen molar-refractivity contribution < 1.29 is 4.79 Å². The zero-order valence-electron chi connectivity index (χ0n) is 10.9. The summed E-state index contributed by atoms with van der Waals surface area (Å²) in [6.45, 7) is 3.96. The second-order valence-electron chi connectivity index (χ2n) is 4.41. The van der Waals surface area contributed by atoms with Crippen molar-refractivity contribution in [2.75, 3.05) is 5.32 Å². The molecule has 0 bridgehead atoms. The van der Waals surface area contributed by atoms with Gasteiger partial charge in [-0.25, -0.2) is 0 Å². The van der Waals surface area contributed by atoms with Crippen LogP contribution >= 0.6 is 11.6 Å². The SMILES string of the molecule is CCc1cncc(C(=O)Nc2cc(C)cc(Cl)c2)c1. The number of amides is 1. The molecule has 3 nitrogen and oxygen atoms in total. The Labute approximate surface area is 117 Å². The zero-order valence-corrected chi connectivity index (χ0v) is 11.7. The maximum Gasteiger partial charge on any atom is 0.257 e. The minimum absolute atomic E-state index is 0.176. The van der Waals surface area contributed by atoms with E-state index in [1.807, 2.05) is 32.0 Å². The second kappa shape index (κ2) is 5.85. The van der Waals surface area contributed by atoms with Crippen molar-refractivity contribution in [1.29, 1.82) is 0 Å². The summed E-state index contributed by atoms with van der Waals surface area (Å²) in [5.74, 6) is -0.176. The number of hydrogen-bond acceptors (Lipinski definition) is 2. The van der Waals surface area contributed by atoms with Crippen LogP contribution in [-0.2, 0) is 6.42 Å². The third-order valence-electron chi connectivity index (χ3n) is 2.77. The quantitative estimate of drug-likeness (QED) is 0.923. The van der Waals surface area contributed by atoms with Crippen LogP contribution in [-0.4, -0.2) is 10.9 Å². The van der Waals surface area contributed by atoms with Crippen LogP contribution in [0.1, 0.15) is 28.4 Å². The number of benzene rings is 1. The predicted octanol–water partition coefficient (Wildman–Crippen LogP) is 3.86. The topological polar surface area (TPSA) is 42.0 Å². The van der Waals surface area contributed by atoms with Crippen LogP contribution < -0.4 is 5.32 Å². The molecule has 0 aliphatic carbocycles. The van der Waals surface area contributed by atoms with Gasteiger partial charge in [-0.2, -0.15) is 0 Å². The minimum Gasteiger partial charge on any atom is -0.322 e. The van der Waals surface area contributed by atoms with E-state index in [9.17, 15) is 4.79 Å². The average molecular weight is 275 g/mol. The second-order valence-corrected chi connectivity index (χ2v) is 4.84. The van der Waals surface area contributed by atoms with Crippen LogP contribution in [0.4, 0.5) is 5.69 Å². The summed E-state index contributed by atoms with van der Waals surface area (Å²) in [6.07, 6.45) is 4.18. The van der Waals surface area contributed by atoms with E-state index in [-0.39, 0.29) is 5.91 Å². The van der Waals surface area contributed by atoms with E-state index in [4.69, 9.17) is 11.6 Å². The Kier molecular flexibility index (Phi) is 4.17. The fourth-order valence-corrected chi connectivity index (χ4v) is 2.11. The van der Waals surface area contributed by atoms with Gasteiger partial charge < -0.3 is 5.32 Å². The summed E-state index contributed by atoms with van der Waals surface area (Å²) >= 11 is 5.96. The van der Waals surface area contributed by atoms with Crippen molar-refractivity contribution in [3.63, 3.8) is 0 Å². The molecular weight excluding hydrogens is 260 g/mol. The number of carbonyl (C=O) groups excluding carboxylic acids is 1. The number of anilines is 1. The van der Waals surface area contributed by atoms with Gasteiger partial charge in [0.25, 0.3) is 5.91 Å². The molecule has 0 saturated heterocycles. The largest absolute Gasteiger partial charge is 0.322 e. The molecule has 0 aliphatic heterocycles. The fourth-order valence-electron chi connectivity index (χ4n) is 1.82. The van der Waals surface area contributed by atoms with Crippen LogP contribution in [0.15, 0.2) is 36.7 Å². The van der Waals surface area contributed by atoms with Crippen LogP contribution in [0.25, 0.3) is 0 Å². The average Bonchev–Trinajstić information content (AvgIpc) is 2.37. The molecule has 1 heterocycles. The molecule has 98 valence electrons. The summed E-state index contributed by atoms with van der Waals surface area (Å²) in [5.41, 5.74) is 3.28. The van der Waals surface area contributed by atoms with Gasteiger partial charge in [-0.1, -0.05) is 18.5 Å². The number of nitrogens with one attached hydrogen (secondary N) is 1. The highest BCUT2D eigenvalue weighted by molar-refractivity contribution is 6.31. The van der Waals surface area contributed by atoms with Crippen molar-refractivity contribution in [2.24, 2.45) is 0 Å². The van der Waals surface area contributed by atoms with E-state index in [1.54, 1.807) is 18.5 Å². The Hall–Kier alpha value is -1.87. The van der Waals surface area contributed by atoms with Crippen molar-refractivity contribution in [2.45, 2.75) is 20.3 Å². The van der Waals surface area contributed by atoms with Gasteiger partial charge in [0, 0.05) is 23.1 Å². The van der Waals surface area contributed by atoms with Crippen molar-refractivity contribution in [1.82, 2.24) is 4.98 Å². The lowest BCUT2D eigenvalue weighted by Gasteiger charge is -2.07.